The van der Waals surface area contributed by atoms with Gasteiger partial charge in [0.15, 0.2) is 0 Å². The molecule has 1 N–H and O–H groups in total. The summed E-state index contributed by atoms with van der Waals surface area (Å²) in [5, 5.41) is 10.8. The van der Waals surface area contributed by atoms with Gasteiger partial charge in [0.2, 0.25) is 0 Å². The molecule has 1 saturated heterocycles. The maximum Gasteiger partial charge on any atom is 0.118 e. The third kappa shape index (κ3) is 4.62. The van der Waals surface area contributed by atoms with Gasteiger partial charge in [0.05, 0.1) is 7.11 Å². The first-order chi connectivity index (χ1) is 12.2. The molecule has 0 spiro atoms. The zero-order valence-electron chi connectivity index (χ0n) is 15.3. The molecule has 2 unspecified atom stereocenters. The van der Waals surface area contributed by atoms with Crippen molar-refractivity contribution in [2.45, 2.75) is 38.3 Å². The van der Waals surface area contributed by atoms with Crippen molar-refractivity contribution < 1.29 is 9.84 Å². The van der Waals surface area contributed by atoms with Crippen LogP contribution in [0.2, 0.25) is 0 Å². The van der Waals surface area contributed by atoms with E-state index in [-0.39, 0.29) is 5.92 Å². The first-order valence-corrected chi connectivity index (χ1v) is 9.27. The summed E-state index contributed by atoms with van der Waals surface area (Å²) < 4.78 is 5.21. The number of piperidine rings is 1. The molecule has 0 aromatic heterocycles. The second kappa shape index (κ2) is 8.50. The van der Waals surface area contributed by atoms with Crippen LogP contribution in [0.25, 0.3) is 0 Å². The second-order valence-corrected chi connectivity index (χ2v) is 7.14. The molecule has 0 amide bonds. The van der Waals surface area contributed by atoms with Crippen molar-refractivity contribution in [3.05, 3.63) is 65.7 Å². The Morgan fingerprint density at radius 1 is 1.04 bits per heavy atom. The van der Waals surface area contributed by atoms with Crippen LogP contribution in [0.1, 0.15) is 36.8 Å². The van der Waals surface area contributed by atoms with Gasteiger partial charge in [0.1, 0.15) is 12.0 Å². The summed E-state index contributed by atoms with van der Waals surface area (Å²) in [5.41, 5.74) is 2.58. The van der Waals surface area contributed by atoms with Gasteiger partial charge in [-0.3, -0.25) is 4.90 Å². The van der Waals surface area contributed by atoms with Crippen LogP contribution in [0, 0.1) is 5.92 Å². The number of aliphatic hydroxyl groups is 1. The van der Waals surface area contributed by atoms with E-state index in [1.54, 1.807) is 7.11 Å². The third-order valence-electron chi connectivity index (χ3n) is 5.48. The predicted octanol–water partition coefficient (Wildman–Crippen LogP) is 4.07. The summed E-state index contributed by atoms with van der Waals surface area (Å²) in [5.74, 6) is 1.67. The summed E-state index contributed by atoms with van der Waals surface area (Å²) >= 11 is 0. The van der Waals surface area contributed by atoms with Gasteiger partial charge in [-0.25, -0.2) is 0 Å². The predicted molar refractivity (Wildman–Crippen MR) is 102 cm³/mol. The molecule has 3 heteroatoms. The highest BCUT2D eigenvalue weighted by atomic mass is 16.5. The second-order valence-electron chi connectivity index (χ2n) is 7.14. The quantitative estimate of drug-likeness (QED) is 0.861. The maximum atomic E-state index is 10.8. The van der Waals surface area contributed by atoms with Crippen LogP contribution >= 0.6 is 0 Å². The van der Waals surface area contributed by atoms with Crippen molar-refractivity contribution in [1.82, 2.24) is 4.90 Å². The van der Waals surface area contributed by atoms with Crippen LogP contribution in [0.5, 0.6) is 5.75 Å². The minimum Gasteiger partial charge on any atom is -0.497 e. The smallest absolute Gasteiger partial charge is 0.118 e. The Bertz CT molecular complexity index is 633. The molecule has 1 heterocycles. The lowest BCUT2D eigenvalue weighted by atomic mass is 9.89. The molecule has 0 aliphatic carbocycles. The van der Waals surface area contributed by atoms with E-state index >= 15 is 0 Å². The Morgan fingerprint density at radius 3 is 2.28 bits per heavy atom. The molecule has 3 rings (SSSR count). The zero-order valence-corrected chi connectivity index (χ0v) is 15.3. The van der Waals surface area contributed by atoms with Crippen molar-refractivity contribution in [3.8, 4) is 5.75 Å². The first-order valence-electron chi connectivity index (χ1n) is 9.27. The van der Waals surface area contributed by atoms with Crippen LogP contribution < -0.4 is 4.74 Å². The fourth-order valence-electron chi connectivity index (χ4n) is 3.76. The van der Waals surface area contributed by atoms with Crippen LogP contribution in [0.15, 0.2) is 54.6 Å². The Hall–Kier alpha value is -1.84. The summed E-state index contributed by atoms with van der Waals surface area (Å²) in [7, 11) is 1.67. The molecular formula is C22H29NO2. The molecule has 0 bridgehead atoms. The minimum absolute atomic E-state index is 0.0941. The minimum atomic E-state index is -0.425. The van der Waals surface area contributed by atoms with E-state index in [2.05, 4.69) is 54.3 Å². The highest BCUT2D eigenvalue weighted by Crippen LogP contribution is 2.28. The molecule has 1 aliphatic heterocycles. The zero-order chi connectivity index (χ0) is 17.6. The molecule has 25 heavy (non-hydrogen) atoms. The van der Waals surface area contributed by atoms with Gasteiger partial charge in [-0.05, 0) is 48.4 Å². The molecule has 2 aromatic rings. The fourth-order valence-corrected chi connectivity index (χ4v) is 3.76. The number of hydrogen-bond acceptors (Lipinski definition) is 3. The van der Waals surface area contributed by atoms with Crippen molar-refractivity contribution in [1.29, 1.82) is 0 Å². The third-order valence-corrected chi connectivity index (χ3v) is 5.48. The lowest BCUT2D eigenvalue weighted by Crippen LogP contribution is -2.44. The Morgan fingerprint density at radius 2 is 1.68 bits per heavy atom. The van der Waals surface area contributed by atoms with Gasteiger partial charge in [0, 0.05) is 19.0 Å². The maximum absolute atomic E-state index is 10.8. The molecule has 1 aliphatic rings. The number of benzene rings is 2. The van der Waals surface area contributed by atoms with Crippen molar-refractivity contribution in [2.75, 3.05) is 20.2 Å². The van der Waals surface area contributed by atoms with E-state index in [1.165, 1.54) is 5.56 Å². The number of ether oxygens (including phenoxy) is 1. The lowest BCUT2D eigenvalue weighted by Gasteiger charge is -2.37. The average Bonchev–Trinajstić information content (AvgIpc) is 2.68. The van der Waals surface area contributed by atoms with Crippen molar-refractivity contribution in [3.63, 3.8) is 0 Å². The Balaban J connectivity index is 1.52. The molecule has 2 atom stereocenters. The molecule has 0 radical (unpaired) electrons. The van der Waals surface area contributed by atoms with Gasteiger partial charge < -0.3 is 9.84 Å². The molecule has 1 fully saturated rings. The summed E-state index contributed by atoms with van der Waals surface area (Å²) in [4.78, 5) is 2.23. The van der Waals surface area contributed by atoms with Gasteiger partial charge in [-0.2, -0.15) is 0 Å². The van der Waals surface area contributed by atoms with Crippen LogP contribution in [-0.2, 0) is 6.42 Å². The lowest BCUT2D eigenvalue weighted by molar-refractivity contribution is -0.0313. The van der Waals surface area contributed by atoms with Crippen LogP contribution in [0.3, 0.4) is 0 Å². The Kier molecular flexibility index (Phi) is 6.11. The number of aliphatic hydroxyl groups excluding tert-OH is 1. The number of nitrogens with zero attached hydrogens (tertiary/aromatic N) is 1. The highest BCUT2D eigenvalue weighted by Gasteiger charge is 2.27. The number of hydrogen-bond donors (Lipinski definition) is 1. The molecule has 0 saturated carbocycles. The van der Waals surface area contributed by atoms with Gasteiger partial charge in [-0.15, -0.1) is 0 Å². The summed E-state index contributed by atoms with van der Waals surface area (Å²) in [6.07, 6.45) is 3.03. The highest BCUT2D eigenvalue weighted by molar-refractivity contribution is 5.29. The Labute approximate surface area is 151 Å². The molecular weight excluding hydrogens is 310 g/mol. The van der Waals surface area contributed by atoms with Crippen LogP contribution in [0.4, 0.5) is 0 Å². The molecule has 2 aromatic carbocycles. The average molecular weight is 339 g/mol. The van der Waals surface area contributed by atoms with E-state index < -0.39 is 6.23 Å². The van der Waals surface area contributed by atoms with E-state index in [0.717, 1.165) is 49.6 Å². The van der Waals surface area contributed by atoms with E-state index in [9.17, 15) is 5.11 Å². The van der Waals surface area contributed by atoms with Crippen molar-refractivity contribution in [2.24, 2.45) is 5.92 Å². The van der Waals surface area contributed by atoms with Gasteiger partial charge >= 0.3 is 0 Å². The number of methoxy groups -OCH3 is 1. The van der Waals surface area contributed by atoms with E-state index in [0.29, 0.717) is 0 Å². The molecule has 134 valence electrons. The topological polar surface area (TPSA) is 32.7 Å². The fraction of sp³-hybridized carbons (Fsp3) is 0.455. The monoisotopic (exact) mass is 339 g/mol. The van der Waals surface area contributed by atoms with Gasteiger partial charge in [0.25, 0.3) is 0 Å². The summed E-state index contributed by atoms with van der Waals surface area (Å²) in [6.45, 7) is 4.04. The van der Waals surface area contributed by atoms with Gasteiger partial charge in [-0.1, -0.05) is 49.4 Å². The number of rotatable bonds is 6. The largest absolute Gasteiger partial charge is 0.497 e. The van der Waals surface area contributed by atoms with Crippen LogP contribution in [-0.4, -0.2) is 36.4 Å². The number of likely N-dealkylation sites (tertiary alicyclic amines) is 1. The van der Waals surface area contributed by atoms with E-state index in [1.807, 2.05) is 12.1 Å². The van der Waals surface area contributed by atoms with E-state index in [4.69, 9.17) is 4.74 Å². The first kappa shape index (κ1) is 18.0. The standard InChI is InChI=1S/C22H29NO2/c1-17(20-8-10-21(25-2)11-9-20)22(24)23-14-12-19(13-15-23)16-18-6-4-3-5-7-18/h3-11,17,19,22,24H,12-16H2,1-2H3. The summed E-state index contributed by atoms with van der Waals surface area (Å²) in [6, 6.07) is 18.8. The SMILES string of the molecule is COc1ccc(C(C)C(O)N2CCC(Cc3ccccc3)CC2)cc1. The normalized spacial score (nSPS) is 18.7. The van der Waals surface area contributed by atoms with Crippen molar-refractivity contribution >= 4 is 0 Å². The molecule has 3 nitrogen and oxygen atoms in total.